The molecule has 2 rings (SSSR count). The molecule has 0 saturated heterocycles. The lowest BCUT2D eigenvalue weighted by Gasteiger charge is -2.27. The third-order valence-corrected chi connectivity index (χ3v) is 3.68. The van der Waals surface area contributed by atoms with Gasteiger partial charge in [-0.3, -0.25) is 0 Å². The third-order valence-electron chi connectivity index (χ3n) is 3.44. The molecule has 0 unspecified atom stereocenters. The normalized spacial score (nSPS) is 14.7. The fraction of sp³-hybridized carbons (Fsp3) is 0.600. The van der Waals surface area contributed by atoms with Crippen molar-refractivity contribution < 1.29 is 4.74 Å². The van der Waals surface area contributed by atoms with Gasteiger partial charge in [-0.1, -0.05) is 18.5 Å². The number of nitrogens with zero attached hydrogens (tertiary/aromatic N) is 1. The number of rotatable bonds is 8. The number of methoxy groups -OCH3 is 1. The summed E-state index contributed by atoms with van der Waals surface area (Å²) in [6, 6.07) is 6.87. The van der Waals surface area contributed by atoms with Gasteiger partial charge in [-0.2, -0.15) is 0 Å². The van der Waals surface area contributed by atoms with Crippen LogP contribution in [-0.2, 0) is 11.3 Å². The highest BCUT2D eigenvalue weighted by Gasteiger charge is 2.30. The quantitative estimate of drug-likeness (QED) is 0.793. The van der Waals surface area contributed by atoms with E-state index in [0.717, 1.165) is 31.3 Å². The van der Waals surface area contributed by atoms with Gasteiger partial charge in [0.25, 0.3) is 0 Å². The van der Waals surface area contributed by atoms with Crippen LogP contribution in [0.5, 0.6) is 0 Å². The average molecular weight is 283 g/mol. The van der Waals surface area contributed by atoms with Crippen LogP contribution in [0.1, 0.15) is 25.3 Å². The summed E-state index contributed by atoms with van der Waals surface area (Å²) in [6.45, 7) is 5.66. The van der Waals surface area contributed by atoms with Crippen LogP contribution in [0, 0.1) is 0 Å². The van der Waals surface area contributed by atoms with E-state index in [-0.39, 0.29) is 0 Å². The molecule has 1 aliphatic carbocycles. The van der Waals surface area contributed by atoms with Crippen molar-refractivity contribution in [2.45, 2.75) is 32.4 Å². The zero-order chi connectivity index (χ0) is 13.7. The Hall–Kier alpha value is -0.770. The molecular weight excluding hydrogens is 260 g/mol. The molecule has 0 aromatic heterocycles. The zero-order valence-electron chi connectivity index (χ0n) is 11.8. The number of anilines is 1. The average Bonchev–Trinajstić information content (AvgIpc) is 3.23. The molecule has 19 heavy (non-hydrogen) atoms. The summed E-state index contributed by atoms with van der Waals surface area (Å²) in [5.74, 6) is 0. The number of hydrogen-bond donors (Lipinski definition) is 1. The Labute approximate surface area is 120 Å². The van der Waals surface area contributed by atoms with E-state index in [9.17, 15) is 0 Å². The van der Waals surface area contributed by atoms with E-state index in [4.69, 9.17) is 16.3 Å². The first-order valence-corrected chi connectivity index (χ1v) is 7.38. The molecule has 4 heteroatoms. The summed E-state index contributed by atoms with van der Waals surface area (Å²) in [7, 11) is 1.76. The van der Waals surface area contributed by atoms with E-state index in [1.54, 1.807) is 7.11 Å². The van der Waals surface area contributed by atoms with E-state index in [0.29, 0.717) is 6.04 Å². The van der Waals surface area contributed by atoms with Crippen molar-refractivity contribution in [1.29, 1.82) is 0 Å². The van der Waals surface area contributed by atoms with Gasteiger partial charge in [0.1, 0.15) is 0 Å². The summed E-state index contributed by atoms with van der Waals surface area (Å²) in [5.41, 5.74) is 2.57. The smallest absolute Gasteiger partial charge is 0.0637 e. The SMILES string of the molecule is CCNCc1cc(Cl)ccc1N(CCOC)C1CC1. The van der Waals surface area contributed by atoms with Crippen molar-refractivity contribution in [3.63, 3.8) is 0 Å². The largest absolute Gasteiger partial charge is 0.383 e. The number of benzene rings is 1. The van der Waals surface area contributed by atoms with Crippen LogP contribution in [0.15, 0.2) is 18.2 Å². The predicted octanol–water partition coefficient (Wildman–Crippen LogP) is 3.06. The van der Waals surface area contributed by atoms with Crippen molar-refractivity contribution in [2.24, 2.45) is 0 Å². The van der Waals surface area contributed by atoms with E-state index >= 15 is 0 Å². The lowest BCUT2D eigenvalue weighted by Crippen LogP contribution is -2.31. The Balaban J connectivity index is 2.18. The van der Waals surface area contributed by atoms with Crippen molar-refractivity contribution >= 4 is 17.3 Å². The van der Waals surface area contributed by atoms with Gasteiger partial charge in [0.15, 0.2) is 0 Å². The Kier molecular flexibility index (Phi) is 5.49. The summed E-state index contributed by atoms with van der Waals surface area (Å²) < 4.78 is 5.23. The molecule has 3 nitrogen and oxygen atoms in total. The van der Waals surface area contributed by atoms with E-state index in [2.05, 4.69) is 29.3 Å². The molecule has 106 valence electrons. The highest BCUT2D eigenvalue weighted by Crippen LogP contribution is 2.34. The molecule has 0 aliphatic heterocycles. The first kappa shape index (κ1) is 14.6. The van der Waals surface area contributed by atoms with E-state index < -0.39 is 0 Å². The maximum atomic E-state index is 6.13. The van der Waals surface area contributed by atoms with Gasteiger partial charge in [-0.05, 0) is 43.1 Å². The summed E-state index contributed by atoms with van der Waals surface area (Å²) >= 11 is 6.13. The topological polar surface area (TPSA) is 24.5 Å². The van der Waals surface area contributed by atoms with Crippen molar-refractivity contribution in [2.75, 3.05) is 31.7 Å². The maximum absolute atomic E-state index is 6.13. The van der Waals surface area contributed by atoms with Gasteiger partial charge in [0.2, 0.25) is 0 Å². The number of halogens is 1. The highest BCUT2D eigenvalue weighted by molar-refractivity contribution is 6.30. The van der Waals surface area contributed by atoms with Crippen LogP contribution in [-0.4, -0.2) is 32.8 Å². The number of ether oxygens (including phenoxy) is 1. The van der Waals surface area contributed by atoms with Gasteiger partial charge in [-0.25, -0.2) is 0 Å². The lowest BCUT2D eigenvalue weighted by molar-refractivity contribution is 0.205. The molecule has 1 fully saturated rings. The molecule has 0 amide bonds. The summed E-state index contributed by atoms with van der Waals surface area (Å²) in [6.07, 6.45) is 2.57. The third kappa shape index (κ3) is 4.10. The van der Waals surface area contributed by atoms with Gasteiger partial charge in [0, 0.05) is 37.0 Å². The van der Waals surface area contributed by atoms with Gasteiger partial charge in [-0.15, -0.1) is 0 Å². The van der Waals surface area contributed by atoms with E-state index in [1.165, 1.54) is 24.1 Å². The Bertz CT molecular complexity index is 407. The first-order valence-electron chi connectivity index (χ1n) is 7.01. The maximum Gasteiger partial charge on any atom is 0.0637 e. The highest BCUT2D eigenvalue weighted by atomic mass is 35.5. The molecule has 0 heterocycles. The molecule has 0 bridgehead atoms. The van der Waals surface area contributed by atoms with Gasteiger partial charge < -0.3 is 15.0 Å². The zero-order valence-corrected chi connectivity index (χ0v) is 12.5. The molecule has 1 aliphatic rings. The van der Waals surface area contributed by atoms with Crippen molar-refractivity contribution in [1.82, 2.24) is 5.32 Å². The molecule has 1 aromatic carbocycles. The second-order valence-electron chi connectivity index (χ2n) is 4.97. The predicted molar refractivity (Wildman–Crippen MR) is 81.1 cm³/mol. The van der Waals surface area contributed by atoms with E-state index in [1.807, 2.05) is 6.07 Å². The minimum atomic E-state index is 0.678. The van der Waals surface area contributed by atoms with Crippen LogP contribution >= 0.6 is 11.6 Å². The minimum absolute atomic E-state index is 0.678. The van der Waals surface area contributed by atoms with Crippen LogP contribution in [0.4, 0.5) is 5.69 Å². The number of hydrogen-bond acceptors (Lipinski definition) is 3. The molecule has 1 aromatic rings. The molecule has 0 spiro atoms. The molecule has 0 atom stereocenters. The van der Waals surface area contributed by atoms with Crippen LogP contribution in [0.25, 0.3) is 0 Å². The van der Waals surface area contributed by atoms with Gasteiger partial charge in [0.05, 0.1) is 6.61 Å². The summed E-state index contributed by atoms with van der Waals surface area (Å²) in [5, 5.41) is 4.19. The molecule has 0 radical (unpaired) electrons. The number of nitrogens with one attached hydrogen (secondary N) is 1. The van der Waals surface area contributed by atoms with Crippen molar-refractivity contribution in [3.8, 4) is 0 Å². The van der Waals surface area contributed by atoms with Crippen LogP contribution in [0.3, 0.4) is 0 Å². The molecule has 1 N–H and O–H groups in total. The standard InChI is InChI=1S/C15H23ClN2O/c1-3-17-11-12-10-13(16)4-7-15(12)18(8-9-19-2)14-5-6-14/h4,7,10,14,17H,3,5-6,8-9,11H2,1-2H3. The second-order valence-corrected chi connectivity index (χ2v) is 5.41. The fourth-order valence-corrected chi connectivity index (χ4v) is 2.51. The fourth-order valence-electron chi connectivity index (χ4n) is 2.31. The Morgan fingerprint density at radius 2 is 2.21 bits per heavy atom. The summed E-state index contributed by atoms with van der Waals surface area (Å²) in [4.78, 5) is 2.46. The van der Waals surface area contributed by atoms with Crippen LogP contribution in [0.2, 0.25) is 5.02 Å². The Morgan fingerprint density at radius 3 is 2.84 bits per heavy atom. The lowest BCUT2D eigenvalue weighted by atomic mass is 10.1. The van der Waals surface area contributed by atoms with Crippen molar-refractivity contribution in [3.05, 3.63) is 28.8 Å². The minimum Gasteiger partial charge on any atom is -0.383 e. The first-order chi connectivity index (χ1) is 9.26. The van der Waals surface area contributed by atoms with Gasteiger partial charge >= 0.3 is 0 Å². The monoisotopic (exact) mass is 282 g/mol. The molecular formula is C15H23ClN2O. The molecule has 1 saturated carbocycles. The van der Waals surface area contributed by atoms with Crippen LogP contribution < -0.4 is 10.2 Å². The Morgan fingerprint density at radius 1 is 1.42 bits per heavy atom. The second kappa shape index (κ2) is 7.13.